The lowest BCUT2D eigenvalue weighted by molar-refractivity contribution is -0.667. The molecule has 0 aliphatic heterocycles. The Hall–Kier alpha value is -3.12. The van der Waals surface area contributed by atoms with Gasteiger partial charge in [0.05, 0.1) is 13.5 Å². The summed E-state index contributed by atoms with van der Waals surface area (Å²) in [6.45, 7) is 3.20. The molecule has 4 rings (SSSR count). The van der Waals surface area contributed by atoms with Gasteiger partial charge >= 0.3 is 0 Å². The van der Waals surface area contributed by atoms with Crippen molar-refractivity contribution in [3.05, 3.63) is 69.7 Å². The van der Waals surface area contributed by atoms with Crippen LogP contribution in [0.1, 0.15) is 62.7 Å². The Morgan fingerprint density at radius 1 is 1.24 bits per heavy atom. The van der Waals surface area contributed by atoms with Crippen LogP contribution < -0.4 is 4.57 Å². The molecule has 29 heavy (non-hydrogen) atoms. The van der Waals surface area contributed by atoms with Gasteiger partial charge in [0.25, 0.3) is 0 Å². The van der Waals surface area contributed by atoms with Crippen LogP contribution in [0.5, 0.6) is 0 Å². The molecule has 0 radical (unpaired) electrons. The first-order chi connectivity index (χ1) is 18.1. The first kappa shape index (κ1) is 10.1. The van der Waals surface area contributed by atoms with Crippen molar-refractivity contribution in [2.75, 3.05) is 0 Å². The highest BCUT2D eigenvalue weighted by Crippen LogP contribution is 2.41. The summed E-state index contributed by atoms with van der Waals surface area (Å²) in [4.78, 5) is 3.44. The van der Waals surface area contributed by atoms with E-state index in [2.05, 4.69) is 4.85 Å². The van der Waals surface area contributed by atoms with Crippen molar-refractivity contribution in [3.63, 3.8) is 0 Å². The van der Waals surface area contributed by atoms with Gasteiger partial charge in [0.1, 0.15) is 18.2 Å². The van der Waals surface area contributed by atoms with E-state index in [0.29, 0.717) is 16.5 Å². The Balaban J connectivity index is 2.31. The summed E-state index contributed by atoms with van der Waals surface area (Å²) >= 11 is 0. The maximum Gasteiger partial charge on any atom is 0.216 e. The van der Waals surface area contributed by atoms with E-state index in [4.69, 9.17) is 24.7 Å². The van der Waals surface area contributed by atoms with E-state index in [1.165, 1.54) is 36.7 Å². The molecule has 146 valence electrons. The molecule has 3 nitrogen and oxygen atoms in total. The molecule has 1 atom stereocenters. The average molecular weight is 395 g/mol. The minimum absolute atomic E-state index is 0.0253. The van der Waals surface area contributed by atoms with Gasteiger partial charge in [-0.05, 0) is 55.3 Å². The van der Waals surface area contributed by atoms with E-state index in [1.54, 1.807) is 13.0 Å². The molecule has 0 saturated heterocycles. The quantitative estimate of drug-likeness (QED) is 0.265. The van der Waals surface area contributed by atoms with Crippen LogP contribution in [-0.4, -0.2) is 0 Å². The van der Waals surface area contributed by atoms with Crippen LogP contribution in [0, 0.1) is 34.1 Å². The molecule has 1 unspecified atom stereocenters. The second-order valence-corrected chi connectivity index (χ2v) is 7.21. The van der Waals surface area contributed by atoms with Gasteiger partial charge in [-0.15, -0.1) is 0 Å². The summed E-state index contributed by atoms with van der Waals surface area (Å²) < 4.78 is 98.7. The molecule has 0 saturated carbocycles. The lowest BCUT2D eigenvalue weighted by atomic mass is 9.92. The van der Waals surface area contributed by atoms with Gasteiger partial charge in [0.15, 0.2) is 11.4 Å². The number of benzene rings is 2. The molecular formula is C26H27N2O+. The third-order valence-electron chi connectivity index (χ3n) is 5.36. The zero-order chi connectivity index (χ0) is 30.3. The third kappa shape index (κ3) is 2.83. The number of fused-ring (bicyclic) bond motifs is 3. The van der Waals surface area contributed by atoms with Gasteiger partial charge in [0, 0.05) is 43.0 Å². The fourth-order valence-electron chi connectivity index (χ4n) is 3.73. The number of furan rings is 1. The fraction of sp³-hybridized carbons (Fsp3) is 0.308. The van der Waals surface area contributed by atoms with Crippen molar-refractivity contribution in [1.82, 2.24) is 0 Å². The number of aryl methyl sites for hydroxylation is 2. The van der Waals surface area contributed by atoms with Gasteiger partial charge in [-0.2, -0.15) is 4.57 Å². The molecule has 0 spiro atoms. The number of hydrogen-bond acceptors (Lipinski definition) is 1. The molecule has 4 aromatic rings. The first-order valence-electron chi connectivity index (χ1n) is 14.6. The summed E-state index contributed by atoms with van der Waals surface area (Å²) in [5.41, 5.74) is 0.644. The van der Waals surface area contributed by atoms with Crippen LogP contribution in [-0.2, 0) is 7.05 Å². The van der Waals surface area contributed by atoms with Crippen molar-refractivity contribution >= 4 is 27.6 Å². The molecule has 3 heteroatoms. The summed E-state index contributed by atoms with van der Waals surface area (Å²) in [5.74, 6) is -2.47. The van der Waals surface area contributed by atoms with Crippen LogP contribution in [0.15, 0.2) is 34.7 Å². The second-order valence-electron chi connectivity index (χ2n) is 7.21. The van der Waals surface area contributed by atoms with E-state index in [0.717, 1.165) is 6.92 Å². The topological polar surface area (TPSA) is 21.4 Å². The van der Waals surface area contributed by atoms with E-state index < -0.39 is 43.6 Å². The largest absolute Gasteiger partial charge is 0.455 e. The maximum atomic E-state index is 9.19. The SMILES string of the molecule is [2H]c1c(C([2H])(C)C([2H])([2H])[2H])c(C([2H])([2H])[2H])c(C)[n+](C)c1-c1c(C)cc(C([2H])([2H])[2H])c2c1oc1ccc([N+]#[C-])cc12. The molecule has 0 N–H and O–H groups in total. The number of rotatable bonds is 2. The average Bonchev–Trinajstić information content (AvgIpc) is 3.18. The second kappa shape index (κ2) is 6.74. The van der Waals surface area contributed by atoms with E-state index in [9.17, 15) is 1.37 Å². The predicted molar refractivity (Wildman–Crippen MR) is 120 cm³/mol. The Labute approximate surface area is 187 Å². The van der Waals surface area contributed by atoms with Crippen LogP contribution >= 0.6 is 0 Å². The monoisotopic (exact) mass is 394 g/mol. The third-order valence-corrected chi connectivity index (χ3v) is 5.36. The fourth-order valence-corrected chi connectivity index (χ4v) is 3.73. The number of nitrogens with zero attached hydrogens (tertiary/aromatic N) is 2. The summed E-state index contributed by atoms with van der Waals surface area (Å²) in [5, 5.41) is 0.595. The molecule has 0 aliphatic rings. The van der Waals surface area contributed by atoms with E-state index in [-0.39, 0.29) is 39.2 Å². The molecule has 0 aliphatic carbocycles. The Morgan fingerprint density at radius 3 is 2.76 bits per heavy atom. The number of hydrogen-bond donors (Lipinski definition) is 0. The van der Waals surface area contributed by atoms with Crippen LogP contribution in [0.25, 0.3) is 38.0 Å². The first-order valence-corrected chi connectivity index (χ1v) is 9.07. The number of pyridine rings is 1. The highest BCUT2D eigenvalue weighted by atomic mass is 16.3. The van der Waals surface area contributed by atoms with Gasteiger partial charge in [-0.3, -0.25) is 0 Å². The van der Waals surface area contributed by atoms with Gasteiger partial charge in [0.2, 0.25) is 5.69 Å². The van der Waals surface area contributed by atoms with Gasteiger partial charge in [-0.25, -0.2) is 4.85 Å². The normalized spacial score (nSPS) is 20.4. The minimum Gasteiger partial charge on any atom is -0.455 e. The molecule has 2 aromatic heterocycles. The highest BCUT2D eigenvalue weighted by Gasteiger charge is 2.26. The van der Waals surface area contributed by atoms with Gasteiger partial charge < -0.3 is 4.42 Å². The standard InChI is InChI=1S/C26H27N2O/c1-14(2)20-13-22(28(8)18(6)17(20)5)25-16(4)11-15(3)24-21-12-19(27-7)9-10-23(21)29-26(24)25/h9-14H,1-6,8H3/q+1/i1D3,3D3,5D3,13D,14D. The van der Waals surface area contributed by atoms with Crippen molar-refractivity contribution in [2.45, 2.75) is 47.2 Å². The lowest BCUT2D eigenvalue weighted by Gasteiger charge is -2.15. The highest BCUT2D eigenvalue weighted by molar-refractivity contribution is 6.12. The van der Waals surface area contributed by atoms with Crippen LogP contribution in [0.2, 0.25) is 0 Å². The van der Waals surface area contributed by atoms with Crippen LogP contribution in [0.4, 0.5) is 5.69 Å². The Bertz CT molecular complexity index is 1730. The molecule has 2 heterocycles. The summed E-state index contributed by atoms with van der Waals surface area (Å²) in [6, 6.07) is 5.57. The van der Waals surface area contributed by atoms with Crippen molar-refractivity contribution in [3.8, 4) is 11.3 Å². The Kier molecular flexibility index (Phi) is 2.34. The van der Waals surface area contributed by atoms with E-state index >= 15 is 0 Å². The summed E-state index contributed by atoms with van der Waals surface area (Å²) in [7, 11) is 1.53. The molecule has 2 aromatic carbocycles. The number of aromatic nitrogens is 1. The van der Waals surface area contributed by atoms with Crippen LogP contribution in [0.3, 0.4) is 0 Å². The zero-order valence-electron chi connectivity index (χ0n) is 27.6. The van der Waals surface area contributed by atoms with Gasteiger partial charge in [-0.1, -0.05) is 25.9 Å². The summed E-state index contributed by atoms with van der Waals surface area (Å²) in [6.07, 6.45) is 0. The van der Waals surface area contributed by atoms with Crippen molar-refractivity contribution in [1.29, 1.82) is 0 Å². The molecule has 0 fully saturated rings. The smallest absolute Gasteiger partial charge is 0.216 e. The molecular weight excluding hydrogens is 356 g/mol. The molecule has 0 bridgehead atoms. The lowest BCUT2D eigenvalue weighted by Crippen LogP contribution is -2.36. The molecule has 0 amide bonds. The van der Waals surface area contributed by atoms with Crippen molar-refractivity contribution in [2.24, 2.45) is 7.05 Å². The minimum atomic E-state index is -2.97. The zero-order valence-corrected chi connectivity index (χ0v) is 16.6. The van der Waals surface area contributed by atoms with Crippen molar-refractivity contribution < 1.29 is 24.1 Å². The maximum absolute atomic E-state index is 9.19. The Morgan fingerprint density at radius 2 is 2.07 bits per heavy atom. The van der Waals surface area contributed by atoms with E-state index in [1.807, 2.05) is 0 Å². The predicted octanol–water partition coefficient (Wildman–Crippen LogP) is 6.99.